The van der Waals surface area contributed by atoms with Crippen molar-refractivity contribution in [1.82, 2.24) is 25.1 Å². The van der Waals surface area contributed by atoms with Crippen molar-refractivity contribution in [2.45, 2.75) is 58.5 Å². The number of nitrogens with one attached hydrogen (secondary N) is 1. The highest BCUT2D eigenvalue weighted by atomic mass is 32.1. The Hall–Kier alpha value is -2.81. The number of rotatable bonds is 6. The Kier molecular flexibility index (Phi) is 6.31. The largest absolute Gasteiger partial charge is 0.497 e. The normalized spacial score (nSPS) is 14.6. The van der Waals surface area contributed by atoms with Crippen molar-refractivity contribution in [2.24, 2.45) is 0 Å². The lowest BCUT2D eigenvalue weighted by Gasteiger charge is -2.17. The summed E-state index contributed by atoms with van der Waals surface area (Å²) in [4.78, 5) is 18.0. The van der Waals surface area contributed by atoms with Gasteiger partial charge in [0.05, 0.1) is 18.8 Å². The molecule has 3 aromatic rings. The molecule has 0 saturated heterocycles. The van der Waals surface area contributed by atoms with Gasteiger partial charge in [-0.2, -0.15) is 0 Å². The maximum Gasteiger partial charge on any atom is 0.263 e. The Morgan fingerprint density at radius 2 is 2.16 bits per heavy atom. The number of carbonyl (C=O) groups excluding carboxylic acids is 1. The molecule has 0 bridgehead atoms. The average Bonchev–Trinajstić information content (AvgIpc) is 3.27. The van der Waals surface area contributed by atoms with E-state index in [1.807, 2.05) is 6.92 Å². The topological polar surface area (TPSA) is 81.9 Å². The molecular formula is C22H26FN5O2S. The maximum absolute atomic E-state index is 14.5. The molecule has 31 heavy (non-hydrogen) atoms. The number of ether oxygens (including phenoxy) is 1. The Morgan fingerprint density at radius 1 is 1.32 bits per heavy atom. The van der Waals surface area contributed by atoms with E-state index in [9.17, 15) is 9.18 Å². The second-order valence-corrected chi connectivity index (χ2v) is 8.65. The van der Waals surface area contributed by atoms with Crippen LogP contribution in [0.15, 0.2) is 18.2 Å². The minimum atomic E-state index is -0.433. The van der Waals surface area contributed by atoms with E-state index >= 15 is 0 Å². The summed E-state index contributed by atoms with van der Waals surface area (Å²) in [6.45, 7) is 4.66. The third-order valence-electron chi connectivity index (χ3n) is 5.57. The molecule has 0 spiro atoms. The van der Waals surface area contributed by atoms with Crippen LogP contribution in [0.4, 0.5) is 4.39 Å². The molecule has 4 rings (SSSR count). The van der Waals surface area contributed by atoms with Crippen molar-refractivity contribution in [3.8, 4) is 16.3 Å². The molecule has 0 aliphatic carbocycles. The summed E-state index contributed by atoms with van der Waals surface area (Å²) >= 11 is 1.18. The molecule has 1 aliphatic heterocycles. The van der Waals surface area contributed by atoms with Crippen LogP contribution < -0.4 is 10.1 Å². The zero-order chi connectivity index (χ0) is 22.0. The van der Waals surface area contributed by atoms with Gasteiger partial charge in [0.1, 0.15) is 27.3 Å². The number of nitrogens with zero attached hydrogens (tertiary/aromatic N) is 4. The van der Waals surface area contributed by atoms with Crippen LogP contribution >= 0.6 is 11.3 Å². The van der Waals surface area contributed by atoms with E-state index in [4.69, 9.17) is 4.74 Å². The Labute approximate surface area is 184 Å². The standard InChI is InChI=1S/C22H26FN5O2S/c1-4-17(20-27-26-18-8-6-5-7-11-28(18)20)25-21(29)19-13(2)24-22(31-19)15-10-9-14(30-3)12-16(15)23/h9-10,12,17H,4-8,11H2,1-3H3,(H,25,29). The molecule has 164 valence electrons. The first-order valence-electron chi connectivity index (χ1n) is 10.6. The Bertz CT molecular complexity index is 1090. The first kappa shape index (κ1) is 21.4. The molecule has 2 aromatic heterocycles. The number of carbonyl (C=O) groups is 1. The van der Waals surface area contributed by atoms with E-state index in [-0.39, 0.29) is 11.9 Å². The molecular weight excluding hydrogens is 417 g/mol. The van der Waals surface area contributed by atoms with Gasteiger partial charge in [0, 0.05) is 24.6 Å². The third kappa shape index (κ3) is 4.32. The van der Waals surface area contributed by atoms with E-state index in [2.05, 4.69) is 25.1 Å². The first-order valence-corrected chi connectivity index (χ1v) is 11.4. The smallest absolute Gasteiger partial charge is 0.263 e. The molecule has 1 amide bonds. The van der Waals surface area contributed by atoms with E-state index < -0.39 is 5.82 Å². The molecule has 1 aliphatic rings. The van der Waals surface area contributed by atoms with Crippen molar-refractivity contribution in [3.63, 3.8) is 0 Å². The van der Waals surface area contributed by atoms with Gasteiger partial charge < -0.3 is 14.6 Å². The number of fused-ring (bicyclic) bond motifs is 1. The third-order valence-corrected chi connectivity index (χ3v) is 6.76. The van der Waals surface area contributed by atoms with Crippen LogP contribution in [0.25, 0.3) is 10.6 Å². The fraction of sp³-hybridized carbons (Fsp3) is 0.455. The van der Waals surface area contributed by atoms with Crippen LogP contribution in [0.5, 0.6) is 5.75 Å². The molecule has 0 fully saturated rings. The van der Waals surface area contributed by atoms with E-state index in [0.29, 0.717) is 33.3 Å². The summed E-state index contributed by atoms with van der Waals surface area (Å²) < 4.78 is 21.7. The van der Waals surface area contributed by atoms with Crippen LogP contribution in [-0.4, -0.2) is 32.8 Å². The minimum Gasteiger partial charge on any atom is -0.497 e. The second-order valence-electron chi connectivity index (χ2n) is 7.65. The van der Waals surface area contributed by atoms with Crippen molar-refractivity contribution in [2.75, 3.05) is 7.11 Å². The van der Waals surface area contributed by atoms with Crippen LogP contribution in [0, 0.1) is 12.7 Å². The van der Waals surface area contributed by atoms with Crippen LogP contribution in [0.3, 0.4) is 0 Å². The number of hydrogen-bond donors (Lipinski definition) is 1. The molecule has 0 radical (unpaired) electrons. The number of aromatic nitrogens is 4. The molecule has 9 heteroatoms. The maximum atomic E-state index is 14.5. The lowest BCUT2D eigenvalue weighted by molar-refractivity contribution is 0.0936. The minimum absolute atomic E-state index is 0.229. The van der Waals surface area contributed by atoms with Crippen molar-refractivity contribution < 1.29 is 13.9 Å². The molecule has 3 heterocycles. The zero-order valence-corrected chi connectivity index (χ0v) is 18.8. The Balaban J connectivity index is 1.57. The van der Waals surface area contributed by atoms with Gasteiger partial charge in [-0.05, 0) is 38.3 Å². The molecule has 0 saturated carbocycles. The summed E-state index contributed by atoms with van der Waals surface area (Å²) in [7, 11) is 1.49. The highest BCUT2D eigenvalue weighted by Crippen LogP contribution is 2.32. The highest BCUT2D eigenvalue weighted by molar-refractivity contribution is 7.17. The Morgan fingerprint density at radius 3 is 2.90 bits per heavy atom. The van der Waals surface area contributed by atoms with Crippen LogP contribution in [-0.2, 0) is 13.0 Å². The van der Waals surface area contributed by atoms with Gasteiger partial charge in [-0.15, -0.1) is 21.5 Å². The van der Waals surface area contributed by atoms with Gasteiger partial charge in [-0.3, -0.25) is 4.79 Å². The monoisotopic (exact) mass is 443 g/mol. The van der Waals surface area contributed by atoms with Gasteiger partial charge in [0.15, 0.2) is 5.82 Å². The van der Waals surface area contributed by atoms with Gasteiger partial charge in [0.25, 0.3) is 5.91 Å². The molecule has 1 N–H and O–H groups in total. The number of hydrogen-bond acceptors (Lipinski definition) is 6. The number of methoxy groups -OCH3 is 1. The lowest BCUT2D eigenvalue weighted by atomic mass is 10.2. The van der Waals surface area contributed by atoms with Gasteiger partial charge >= 0.3 is 0 Å². The van der Waals surface area contributed by atoms with Crippen molar-refractivity contribution in [3.05, 3.63) is 46.2 Å². The van der Waals surface area contributed by atoms with E-state index in [0.717, 1.165) is 37.5 Å². The second kappa shape index (κ2) is 9.13. The van der Waals surface area contributed by atoms with Crippen molar-refractivity contribution >= 4 is 17.2 Å². The summed E-state index contributed by atoms with van der Waals surface area (Å²) in [6, 6.07) is 4.37. The summed E-state index contributed by atoms with van der Waals surface area (Å²) in [5.41, 5.74) is 0.922. The zero-order valence-electron chi connectivity index (χ0n) is 17.9. The average molecular weight is 444 g/mol. The quantitative estimate of drug-likeness (QED) is 0.608. The predicted octanol–water partition coefficient (Wildman–Crippen LogP) is 4.47. The van der Waals surface area contributed by atoms with Crippen LogP contribution in [0.1, 0.15) is 65.7 Å². The summed E-state index contributed by atoms with van der Waals surface area (Å²) in [5.74, 6) is 1.57. The predicted molar refractivity (Wildman–Crippen MR) is 117 cm³/mol. The number of amides is 1. The summed E-state index contributed by atoms with van der Waals surface area (Å²) in [6.07, 6.45) is 5.00. The van der Waals surface area contributed by atoms with Crippen LogP contribution in [0.2, 0.25) is 0 Å². The van der Waals surface area contributed by atoms with Gasteiger partial charge in [-0.25, -0.2) is 9.37 Å². The lowest BCUT2D eigenvalue weighted by Crippen LogP contribution is -2.30. The van der Waals surface area contributed by atoms with Gasteiger partial charge in [-0.1, -0.05) is 13.3 Å². The SMILES string of the molecule is CCC(NC(=O)c1sc(-c2ccc(OC)cc2F)nc1C)c1nnc2n1CCCCC2. The number of thiazole rings is 1. The highest BCUT2D eigenvalue weighted by Gasteiger charge is 2.25. The molecule has 1 unspecified atom stereocenters. The fourth-order valence-corrected chi connectivity index (χ4v) is 4.85. The molecule has 1 aromatic carbocycles. The fourth-order valence-electron chi connectivity index (χ4n) is 3.86. The first-order chi connectivity index (χ1) is 15.0. The molecule has 7 nitrogen and oxygen atoms in total. The summed E-state index contributed by atoms with van der Waals surface area (Å²) in [5, 5.41) is 12.3. The van der Waals surface area contributed by atoms with Crippen molar-refractivity contribution in [1.29, 1.82) is 0 Å². The van der Waals surface area contributed by atoms with E-state index in [1.165, 1.54) is 30.9 Å². The number of aryl methyl sites for hydroxylation is 2. The number of halogens is 1. The van der Waals surface area contributed by atoms with Gasteiger partial charge in [0.2, 0.25) is 0 Å². The number of benzene rings is 1. The van der Waals surface area contributed by atoms with E-state index in [1.54, 1.807) is 19.1 Å². The molecule has 1 atom stereocenters.